The van der Waals surface area contributed by atoms with Crippen molar-refractivity contribution in [2.45, 2.75) is 32.0 Å². The highest BCUT2D eigenvalue weighted by Crippen LogP contribution is 2.20. The predicted molar refractivity (Wildman–Crippen MR) is 78.9 cm³/mol. The van der Waals surface area contributed by atoms with Gasteiger partial charge in [0, 0.05) is 5.75 Å². The summed E-state index contributed by atoms with van der Waals surface area (Å²) in [5.74, 6) is 2.30. The number of nitrogens with two attached hydrogens (primary N) is 1. The monoisotopic (exact) mass is 293 g/mol. The maximum atomic E-state index is 5.78. The van der Waals surface area contributed by atoms with Crippen molar-refractivity contribution in [3.05, 3.63) is 35.2 Å². The van der Waals surface area contributed by atoms with Crippen molar-refractivity contribution in [2.75, 3.05) is 12.4 Å². The molecule has 5 nitrogen and oxygen atoms in total. The molecule has 0 aliphatic rings. The number of thioether (sulfide) groups is 1. The van der Waals surface area contributed by atoms with Crippen LogP contribution in [0.15, 0.2) is 27.8 Å². The molecule has 0 unspecified atom stereocenters. The Morgan fingerprint density at radius 1 is 1.30 bits per heavy atom. The van der Waals surface area contributed by atoms with Crippen LogP contribution in [0.25, 0.3) is 0 Å². The number of hydrogen-bond donors (Lipinski definition) is 1. The van der Waals surface area contributed by atoms with Crippen LogP contribution in [0.1, 0.15) is 23.4 Å². The minimum absolute atomic E-state index is 0.281. The van der Waals surface area contributed by atoms with E-state index in [0.717, 1.165) is 23.5 Å². The predicted octanol–water partition coefficient (Wildman–Crippen LogP) is 2.71. The van der Waals surface area contributed by atoms with Crippen LogP contribution in [0, 0.1) is 13.8 Å². The Balaban J connectivity index is 1.70. The molecule has 0 saturated carbocycles. The largest absolute Gasteiger partial charge is 0.493 e. The fourth-order valence-electron chi connectivity index (χ4n) is 1.64. The van der Waals surface area contributed by atoms with Gasteiger partial charge in [0.15, 0.2) is 0 Å². The minimum atomic E-state index is 0.281. The average Bonchev–Trinajstić information content (AvgIpc) is 2.90. The molecule has 20 heavy (non-hydrogen) atoms. The lowest BCUT2D eigenvalue weighted by Gasteiger charge is -2.09. The molecule has 0 bridgehead atoms. The SMILES string of the molecule is Cc1ccc(C)c(OCCCSc2nnc(CN)o2)c1. The van der Waals surface area contributed by atoms with Gasteiger partial charge in [-0.05, 0) is 37.5 Å². The molecule has 0 fully saturated rings. The van der Waals surface area contributed by atoms with Gasteiger partial charge in [0.05, 0.1) is 13.2 Å². The highest BCUT2D eigenvalue weighted by molar-refractivity contribution is 7.99. The molecule has 1 aromatic carbocycles. The lowest BCUT2D eigenvalue weighted by molar-refractivity contribution is 0.316. The van der Waals surface area contributed by atoms with Crippen LogP contribution < -0.4 is 10.5 Å². The first-order valence-electron chi connectivity index (χ1n) is 6.54. The molecule has 108 valence electrons. The standard InChI is InChI=1S/C14H19N3O2S/c1-10-4-5-11(2)12(8-10)18-6-3-7-20-14-17-16-13(9-15)19-14/h4-5,8H,3,6-7,9,15H2,1-2H3. The molecule has 0 aliphatic heterocycles. The van der Waals surface area contributed by atoms with Crippen molar-refractivity contribution in [3.8, 4) is 5.75 Å². The number of aromatic nitrogens is 2. The zero-order valence-corrected chi connectivity index (χ0v) is 12.6. The van der Waals surface area contributed by atoms with Crippen LogP contribution >= 0.6 is 11.8 Å². The third-order valence-electron chi connectivity index (χ3n) is 2.74. The number of hydrogen-bond acceptors (Lipinski definition) is 6. The molecule has 1 heterocycles. The molecule has 0 spiro atoms. The molecular formula is C14H19N3O2S. The summed E-state index contributed by atoms with van der Waals surface area (Å²) in [6.07, 6.45) is 0.915. The van der Waals surface area contributed by atoms with E-state index >= 15 is 0 Å². The Hall–Kier alpha value is -1.53. The first-order valence-corrected chi connectivity index (χ1v) is 7.53. The minimum Gasteiger partial charge on any atom is -0.493 e. The molecule has 1 aromatic heterocycles. The summed E-state index contributed by atoms with van der Waals surface area (Å²) in [5.41, 5.74) is 7.77. The molecule has 2 rings (SSSR count). The van der Waals surface area contributed by atoms with Crippen molar-refractivity contribution in [1.82, 2.24) is 10.2 Å². The van der Waals surface area contributed by atoms with Crippen LogP contribution in [0.5, 0.6) is 5.75 Å². The molecular weight excluding hydrogens is 274 g/mol. The van der Waals surface area contributed by atoms with Gasteiger partial charge in [0.25, 0.3) is 5.22 Å². The number of aryl methyl sites for hydroxylation is 2. The molecule has 0 saturated heterocycles. The average molecular weight is 293 g/mol. The second kappa shape index (κ2) is 7.31. The summed E-state index contributed by atoms with van der Waals surface area (Å²) in [5, 5.41) is 8.27. The van der Waals surface area contributed by atoms with Gasteiger partial charge in [0.1, 0.15) is 5.75 Å². The second-order valence-corrected chi connectivity index (χ2v) is 5.53. The van der Waals surface area contributed by atoms with E-state index in [4.69, 9.17) is 14.9 Å². The quantitative estimate of drug-likeness (QED) is 0.625. The Labute approximate surface area is 122 Å². The van der Waals surface area contributed by atoms with Gasteiger partial charge >= 0.3 is 0 Å². The van der Waals surface area contributed by atoms with E-state index in [-0.39, 0.29) is 6.54 Å². The van der Waals surface area contributed by atoms with Crippen LogP contribution in [-0.4, -0.2) is 22.6 Å². The molecule has 0 atom stereocenters. The summed E-state index contributed by atoms with van der Waals surface area (Å²) in [7, 11) is 0. The van der Waals surface area contributed by atoms with Gasteiger partial charge in [-0.1, -0.05) is 23.9 Å². The van der Waals surface area contributed by atoms with Crippen molar-refractivity contribution >= 4 is 11.8 Å². The summed E-state index contributed by atoms with van der Waals surface area (Å²) in [6.45, 7) is 5.07. The summed E-state index contributed by atoms with van der Waals surface area (Å²) >= 11 is 1.52. The fraction of sp³-hybridized carbons (Fsp3) is 0.429. The third-order valence-corrected chi connectivity index (χ3v) is 3.64. The number of ether oxygens (including phenoxy) is 1. The van der Waals surface area contributed by atoms with E-state index in [1.54, 1.807) is 0 Å². The fourth-order valence-corrected chi connectivity index (χ4v) is 2.33. The number of nitrogens with zero attached hydrogens (tertiary/aromatic N) is 2. The third kappa shape index (κ3) is 4.25. The molecule has 0 radical (unpaired) electrons. The first-order chi connectivity index (χ1) is 9.69. The first kappa shape index (κ1) is 14.9. The van der Waals surface area contributed by atoms with E-state index in [1.807, 2.05) is 0 Å². The van der Waals surface area contributed by atoms with E-state index in [1.165, 1.54) is 17.3 Å². The van der Waals surface area contributed by atoms with E-state index in [9.17, 15) is 0 Å². The Morgan fingerprint density at radius 2 is 2.15 bits per heavy atom. The Kier molecular flexibility index (Phi) is 5.43. The number of rotatable bonds is 7. The van der Waals surface area contributed by atoms with Gasteiger partial charge < -0.3 is 14.9 Å². The van der Waals surface area contributed by atoms with Gasteiger partial charge in [-0.15, -0.1) is 10.2 Å². The molecule has 0 amide bonds. The van der Waals surface area contributed by atoms with E-state index < -0.39 is 0 Å². The second-order valence-electron chi connectivity index (χ2n) is 4.49. The van der Waals surface area contributed by atoms with Crippen molar-refractivity contribution in [3.63, 3.8) is 0 Å². The lowest BCUT2D eigenvalue weighted by atomic mass is 10.1. The van der Waals surface area contributed by atoms with E-state index in [2.05, 4.69) is 42.2 Å². The van der Waals surface area contributed by atoms with Crippen molar-refractivity contribution in [2.24, 2.45) is 5.73 Å². The maximum absolute atomic E-state index is 5.78. The van der Waals surface area contributed by atoms with Crippen LogP contribution in [0.2, 0.25) is 0 Å². The Bertz CT molecular complexity index is 557. The topological polar surface area (TPSA) is 74.2 Å². The van der Waals surface area contributed by atoms with Gasteiger partial charge in [-0.3, -0.25) is 0 Å². The lowest BCUT2D eigenvalue weighted by Crippen LogP contribution is -2.00. The molecule has 0 aliphatic carbocycles. The highest BCUT2D eigenvalue weighted by atomic mass is 32.2. The number of benzene rings is 1. The van der Waals surface area contributed by atoms with Crippen LogP contribution in [-0.2, 0) is 6.54 Å². The summed E-state index contributed by atoms with van der Waals surface area (Å²) in [4.78, 5) is 0. The van der Waals surface area contributed by atoms with Crippen molar-refractivity contribution in [1.29, 1.82) is 0 Å². The highest BCUT2D eigenvalue weighted by Gasteiger charge is 2.05. The van der Waals surface area contributed by atoms with Gasteiger partial charge in [-0.25, -0.2) is 0 Å². The maximum Gasteiger partial charge on any atom is 0.276 e. The Morgan fingerprint density at radius 3 is 2.90 bits per heavy atom. The molecule has 2 aromatic rings. The van der Waals surface area contributed by atoms with Crippen LogP contribution in [0.4, 0.5) is 0 Å². The van der Waals surface area contributed by atoms with Gasteiger partial charge in [0.2, 0.25) is 5.89 Å². The molecule has 6 heteroatoms. The van der Waals surface area contributed by atoms with E-state index in [0.29, 0.717) is 17.7 Å². The summed E-state index contributed by atoms with van der Waals surface area (Å²) in [6, 6.07) is 6.23. The molecule has 2 N–H and O–H groups in total. The normalized spacial score (nSPS) is 10.8. The van der Waals surface area contributed by atoms with Gasteiger partial charge in [-0.2, -0.15) is 0 Å². The van der Waals surface area contributed by atoms with Crippen molar-refractivity contribution < 1.29 is 9.15 Å². The zero-order valence-electron chi connectivity index (χ0n) is 11.8. The zero-order chi connectivity index (χ0) is 14.4. The summed E-state index contributed by atoms with van der Waals surface area (Å²) < 4.78 is 11.1. The smallest absolute Gasteiger partial charge is 0.276 e. The van der Waals surface area contributed by atoms with Crippen LogP contribution in [0.3, 0.4) is 0 Å².